The van der Waals surface area contributed by atoms with Gasteiger partial charge in [0.2, 0.25) is 0 Å². The van der Waals surface area contributed by atoms with Crippen molar-refractivity contribution in [2.45, 2.75) is 0 Å². The van der Waals surface area contributed by atoms with Crippen LogP contribution in [-0.4, -0.2) is 19.7 Å². The summed E-state index contributed by atoms with van der Waals surface area (Å²) in [6, 6.07) is 10.2. The van der Waals surface area contributed by atoms with E-state index in [2.05, 4.69) is 10.1 Å². The highest BCUT2D eigenvalue weighted by molar-refractivity contribution is 5.93. The molecule has 0 atom stereocenters. The molecule has 1 aromatic carbocycles. The molecule has 2 heterocycles. The van der Waals surface area contributed by atoms with E-state index in [0.717, 1.165) is 16.8 Å². The average Bonchev–Trinajstić information content (AvgIpc) is 2.74. The third-order valence-electron chi connectivity index (χ3n) is 2.93. The van der Waals surface area contributed by atoms with Crippen LogP contribution < -0.4 is 0 Å². The summed E-state index contributed by atoms with van der Waals surface area (Å²) in [7, 11) is 1.80. The van der Waals surface area contributed by atoms with Crippen LogP contribution in [-0.2, 0) is 7.05 Å². The Balaban J connectivity index is 2.31. The van der Waals surface area contributed by atoms with Gasteiger partial charge in [-0.05, 0) is 18.2 Å². The van der Waals surface area contributed by atoms with Gasteiger partial charge in [0.1, 0.15) is 0 Å². The second kappa shape index (κ2) is 4.16. The van der Waals surface area contributed by atoms with E-state index < -0.39 is 4.92 Å². The second-order valence-electron chi connectivity index (χ2n) is 4.15. The van der Waals surface area contributed by atoms with Crippen LogP contribution in [0, 0.1) is 10.1 Å². The summed E-state index contributed by atoms with van der Waals surface area (Å²) in [4.78, 5) is 14.7. The highest BCUT2D eigenvalue weighted by atomic mass is 16.6. The lowest BCUT2D eigenvalue weighted by Crippen LogP contribution is -1.94. The molecule has 0 aliphatic heterocycles. The van der Waals surface area contributed by atoms with Gasteiger partial charge in [-0.25, -0.2) is 0 Å². The Morgan fingerprint density at radius 2 is 2.11 bits per heavy atom. The molecule has 94 valence electrons. The molecule has 0 amide bonds. The summed E-state index contributed by atoms with van der Waals surface area (Å²) in [5, 5.41) is 15.9. The number of aromatic nitrogens is 3. The zero-order valence-corrected chi connectivity index (χ0v) is 10.1. The third-order valence-corrected chi connectivity index (χ3v) is 2.93. The maximum Gasteiger partial charge on any atom is 0.270 e. The minimum absolute atomic E-state index is 0.0534. The molecule has 2 aromatic heterocycles. The maximum atomic E-state index is 10.9. The number of aryl methyl sites for hydroxylation is 1. The molecule has 0 N–H and O–H groups in total. The minimum atomic E-state index is -0.408. The Hall–Kier alpha value is -2.76. The Morgan fingerprint density at radius 1 is 1.26 bits per heavy atom. The third kappa shape index (κ3) is 1.83. The van der Waals surface area contributed by atoms with Crippen molar-refractivity contribution in [2.75, 3.05) is 0 Å². The number of nitro benzene ring substituents is 1. The smallest absolute Gasteiger partial charge is 0.265 e. The monoisotopic (exact) mass is 254 g/mol. The standard InChI is InChI=1S/C13H10N4O2/c1-16-13(12-4-2-3-7-14-12)10-8-9(17(18)19)5-6-11(10)15-16/h2-8H,1H3. The summed E-state index contributed by atoms with van der Waals surface area (Å²) in [5.41, 5.74) is 2.29. The molecule has 0 saturated heterocycles. The fourth-order valence-electron chi connectivity index (χ4n) is 2.11. The molecule has 3 aromatic rings. The summed E-state index contributed by atoms with van der Waals surface area (Å²) < 4.78 is 1.69. The predicted octanol–water partition coefficient (Wildman–Crippen LogP) is 2.54. The molecule has 0 saturated carbocycles. The Kier molecular flexibility index (Phi) is 2.49. The minimum Gasteiger partial charge on any atom is -0.265 e. The topological polar surface area (TPSA) is 73.8 Å². The Morgan fingerprint density at radius 3 is 2.79 bits per heavy atom. The van der Waals surface area contributed by atoms with Crippen molar-refractivity contribution in [3.63, 3.8) is 0 Å². The van der Waals surface area contributed by atoms with Crippen molar-refractivity contribution in [1.29, 1.82) is 0 Å². The van der Waals surface area contributed by atoms with Crippen molar-refractivity contribution in [1.82, 2.24) is 14.8 Å². The highest BCUT2D eigenvalue weighted by Crippen LogP contribution is 2.29. The summed E-state index contributed by atoms with van der Waals surface area (Å²) in [5.74, 6) is 0. The zero-order valence-electron chi connectivity index (χ0n) is 10.1. The first-order chi connectivity index (χ1) is 9.16. The van der Waals surface area contributed by atoms with Gasteiger partial charge < -0.3 is 0 Å². The first kappa shape index (κ1) is 11.3. The van der Waals surface area contributed by atoms with Crippen LogP contribution in [0.1, 0.15) is 0 Å². The molecule has 0 fully saturated rings. The van der Waals surface area contributed by atoms with Crippen LogP contribution in [0.3, 0.4) is 0 Å². The number of fused-ring (bicyclic) bond motifs is 1. The van der Waals surface area contributed by atoms with Gasteiger partial charge in [-0.3, -0.25) is 19.8 Å². The van der Waals surface area contributed by atoms with E-state index in [-0.39, 0.29) is 5.69 Å². The number of non-ortho nitro benzene ring substituents is 1. The van der Waals surface area contributed by atoms with Gasteiger partial charge in [0.15, 0.2) is 0 Å². The van der Waals surface area contributed by atoms with Crippen molar-refractivity contribution >= 4 is 16.6 Å². The zero-order chi connectivity index (χ0) is 13.4. The molecule has 0 radical (unpaired) electrons. The number of benzene rings is 1. The van der Waals surface area contributed by atoms with E-state index in [1.54, 1.807) is 24.0 Å². The fourth-order valence-corrected chi connectivity index (χ4v) is 2.11. The van der Waals surface area contributed by atoms with Gasteiger partial charge in [0, 0.05) is 30.8 Å². The van der Waals surface area contributed by atoms with Crippen LogP contribution in [0.2, 0.25) is 0 Å². The van der Waals surface area contributed by atoms with Gasteiger partial charge in [-0.1, -0.05) is 6.07 Å². The number of hydrogen-bond acceptors (Lipinski definition) is 4. The van der Waals surface area contributed by atoms with Gasteiger partial charge in [-0.2, -0.15) is 5.10 Å². The van der Waals surface area contributed by atoms with Crippen molar-refractivity contribution in [2.24, 2.45) is 7.05 Å². The number of nitrogens with zero attached hydrogens (tertiary/aromatic N) is 4. The Bertz CT molecular complexity index is 765. The number of hydrogen-bond donors (Lipinski definition) is 0. The summed E-state index contributed by atoms with van der Waals surface area (Å²) in [6.07, 6.45) is 1.69. The van der Waals surface area contributed by atoms with Gasteiger partial charge >= 0.3 is 0 Å². The van der Waals surface area contributed by atoms with E-state index in [9.17, 15) is 10.1 Å². The van der Waals surface area contributed by atoms with Gasteiger partial charge in [0.25, 0.3) is 5.69 Å². The van der Waals surface area contributed by atoms with E-state index in [0.29, 0.717) is 5.52 Å². The molecule has 0 unspecified atom stereocenters. The molecule has 6 nitrogen and oxygen atoms in total. The first-order valence-electron chi connectivity index (χ1n) is 5.69. The van der Waals surface area contributed by atoms with E-state index in [1.165, 1.54) is 12.1 Å². The van der Waals surface area contributed by atoms with Crippen molar-refractivity contribution in [3.8, 4) is 11.4 Å². The molecular weight excluding hydrogens is 244 g/mol. The second-order valence-corrected chi connectivity index (χ2v) is 4.15. The Labute approximate surface area is 108 Å². The van der Waals surface area contributed by atoms with E-state index in [4.69, 9.17) is 0 Å². The lowest BCUT2D eigenvalue weighted by atomic mass is 10.1. The van der Waals surface area contributed by atoms with Crippen LogP contribution >= 0.6 is 0 Å². The van der Waals surface area contributed by atoms with E-state index in [1.807, 2.05) is 18.2 Å². The lowest BCUT2D eigenvalue weighted by Gasteiger charge is -2.01. The molecule has 3 rings (SSSR count). The van der Waals surface area contributed by atoms with Crippen LogP contribution in [0.5, 0.6) is 0 Å². The molecule has 0 spiro atoms. The molecular formula is C13H10N4O2. The predicted molar refractivity (Wildman–Crippen MR) is 70.6 cm³/mol. The molecule has 6 heteroatoms. The van der Waals surface area contributed by atoms with Crippen LogP contribution in [0.25, 0.3) is 22.3 Å². The van der Waals surface area contributed by atoms with Gasteiger partial charge in [-0.15, -0.1) is 0 Å². The van der Waals surface area contributed by atoms with Crippen molar-refractivity contribution < 1.29 is 4.92 Å². The SMILES string of the molecule is Cn1nc2ccc([N+](=O)[O-])cc2c1-c1ccccn1. The lowest BCUT2D eigenvalue weighted by molar-refractivity contribution is -0.384. The highest BCUT2D eigenvalue weighted by Gasteiger charge is 2.15. The fraction of sp³-hybridized carbons (Fsp3) is 0.0769. The number of rotatable bonds is 2. The van der Waals surface area contributed by atoms with E-state index >= 15 is 0 Å². The molecule has 0 bridgehead atoms. The largest absolute Gasteiger partial charge is 0.270 e. The summed E-state index contributed by atoms with van der Waals surface area (Å²) >= 11 is 0. The number of pyridine rings is 1. The molecule has 0 aliphatic carbocycles. The first-order valence-corrected chi connectivity index (χ1v) is 5.69. The van der Waals surface area contributed by atoms with Gasteiger partial charge in [0.05, 0.1) is 21.8 Å². The molecule has 19 heavy (non-hydrogen) atoms. The molecule has 0 aliphatic rings. The quantitative estimate of drug-likeness (QED) is 0.520. The van der Waals surface area contributed by atoms with Crippen molar-refractivity contribution in [3.05, 3.63) is 52.7 Å². The van der Waals surface area contributed by atoms with Crippen LogP contribution in [0.4, 0.5) is 5.69 Å². The normalized spacial score (nSPS) is 10.8. The number of nitro groups is 1. The maximum absolute atomic E-state index is 10.9. The van der Waals surface area contributed by atoms with Crippen LogP contribution in [0.15, 0.2) is 42.6 Å². The summed E-state index contributed by atoms with van der Waals surface area (Å²) in [6.45, 7) is 0. The average molecular weight is 254 g/mol.